The van der Waals surface area contributed by atoms with Gasteiger partial charge < -0.3 is 9.32 Å². The molecule has 0 aliphatic carbocycles. The van der Waals surface area contributed by atoms with Gasteiger partial charge in [0.15, 0.2) is 0 Å². The Bertz CT molecular complexity index is 704. The fourth-order valence-corrected chi connectivity index (χ4v) is 3.38. The van der Waals surface area contributed by atoms with E-state index in [1.165, 1.54) is 22.9 Å². The molecule has 0 bridgehead atoms. The van der Waals surface area contributed by atoms with Crippen molar-refractivity contribution in [3.8, 4) is 0 Å². The maximum absolute atomic E-state index is 11.6. The second-order valence-electron chi connectivity index (χ2n) is 7.12. The van der Waals surface area contributed by atoms with Crippen LogP contribution in [0.3, 0.4) is 0 Å². The molecule has 0 atom stereocenters. The molecule has 1 saturated heterocycles. The first-order valence-electron chi connectivity index (χ1n) is 8.24. The summed E-state index contributed by atoms with van der Waals surface area (Å²) in [5.74, 6) is 1.46. The Kier molecular flexibility index (Phi) is 4.94. The van der Waals surface area contributed by atoms with Gasteiger partial charge in [-0.25, -0.2) is 0 Å². The molecule has 2 aromatic rings. The number of aromatic nitrogens is 2. The molecule has 1 aromatic carbocycles. The minimum atomic E-state index is 0.167. The van der Waals surface area contributed by atoms with E-state index in [9.17, 15) is 4.79 Å². The fraction of sp³-hybridized carbons (Fsp3) is 0.500. The Morgan fingerprint density at radius 2 is 1.96 bits per heavy atom. The van der Waals surface area contributed by atoms with Crippen LogP contribution in [0.4, 0.5) is 0 Å². The summed E-state index contributed by atoms with van der Waals surface area (Å²) in [4.78, 5) is 13.4. The number of thioether (sulfide) groups is 1. The van der Waals surface area contributed by atoms with Crippen molar-refractivity contribution in [2.24, 2.45) is 0 Å². The van der Waals surface area contributed by atoms with Gasteiger partial charge in [0.25, 0.3) is 5.22 Å². The number of hydrogen-bond acceptors (Lipinski definition) is 5. The molecule has 0 spiro atoms. The van der Waals surface area contributed by atoms with Crippen LogP contribution in [0.15, 0.2) is 33.9 Å². The highest BCUT2D eigenvalue weighted by molar-refractivity contribution is 7.98. The summed E-state index contributed by atoms with van der Waals surface area (Å²) in [5, 5.41) is 8.66. The first-order chi connectivity index (χ1) is 11.4. The molecule has 0 radical (unpaired) electrons. The van der Waals surface area contributed by atoms with Gasteiger partial charge in [-0.3, -0.25) is 4.79 Å². The van der Waals surface area contributed by atoms with Gasteiger partial charge in [-0.1, -0.05) is 56.8 Å². The van der Waals surface area contributed by atoms with Crippen LogP contribution in [0.25, 0.3) is 0 Å². The number of carbonyl (C=O) groups is 1. The smallest absolute Gasteiger partial charge is 0.276 e. The molecule has 1 aliphatic rings. The van der Waals surface area contributed by atoms with Gasteiger partial charge in [0.2, 0.25) is 11.8 Å². The number of rotatable bonds is 5. The number of benzene rings is 1. The van der Waals surface area contributed by atoms with Crippen LogP contribution in [0.1, 0.15) is 50.6 Å². The molecular weight excluding hydrogens is 322 g/mol. The first kappa shape index (κ1) is 17.0. The fourth-order valence-electron chi connectivity index (χ4n) is 2.64. The molecule has 2 heterocycles. The Morgan fingerprint density at radius 3 is 2.58 bits per heavy atom. The number of amides is 1. The molecule has 1 aliphatic heterocycles. The van der Waals surface area contributed by atoms with Crippen LogP contribution in [0.2, 0.25) is 0 Å². The van der Waals surface area contributed by atoms with Gasteiger partial charge >= 0.3 is 0 Å². The molecule has 128 valence electrons. The summed E-state index contributed by atoms with van der Waals surface area (Å²) in [7, 11) is 0. The van der Waals surface area contributed by atoms with Crippen LogP contribution in [0, 0.1) is 0 Å². The van der Waals surface area contributed by atoms with E-state index in [2.05, 4.69) is 55.2 Å². The molecule has 1 fully saturated rings. The maximum Gasteiger partial charge on any atom is 0.276 e. The molecule has 0 N–H and O–H groups in total. The Hall–Kier alpha value is -1.82. The quantitative estimate of drug-likeness (QED) is 0.772. The lowest BCUT2D eigenvalue weighted by atomic mass is 9.87. The third-order valence-electron chi connectivity index (χ3n) is 4.13. The van der Waals surface area contributed by atoms with Gasteiger partial charge in [-0.05, 0) is 23.0 Å². The molecule has 5 nitrogen and oxygen atoms in total. The predicted octanol–water partition coefficient (Wildman–Crippen LogP) is 3.78. The first-order valence-corrected chi connectivity index (χ1v) is 9.23. The van der Waals surface area contributed by atoms with Crippen molar-refractivity contribution in [2.75, 3.05) is 6.54 Å². The minimum absolute atomic E-state index is 0.167. The standard InChI is InChI=1S/C18H23N3O2S/c1-18(2,3)14-8-6-13(7-9-14)12-24-17-20-19-15(23-17)11-21-10-4-5-16(21)22/h6-9H,4-5,10-12H2,1-3H3. The van der Waals surface area contributed by atoms with Gasteiger partial charge in [0.05, 0.1) is 6.54 Å². The molecule has 0 saturated carbocycles. The van der Waals surface area contributed by atoms with E-state index in [1.54, 1.807) is 4.90 Å². The summed E-state index contributed by atoms with van der Waals surface area (Å²) < 4.78 is 5.64. The number of carbonyl (C=O) groups excluding carboxylic acids is 1. The van der Waals surface area contributed by atoms with Crippen molar-refractivity contribution in [3.63, 3.8) is 0 Å². The van der Waals surface area contributed by atoms with Crippen LogP contribution in [0.5, 0.6) is 0 Å². The van der Waals surface area contributed by atoms with Gasteiger partial charge in [0.1, 0.15) is 0 Å². The highest BCUT2D eigenvalue weighted by Crippen LogP contribution is 2.26. The highest BCUT2D eigenvalue weighted by Gasteiger charge is 2.22. The van der Waals surface area contributed by atoms with Crippen LogP contribution in [-0.4, -0.2) is 27.5 Å². The summed E-state index contributed by atoms with van der Waals surface area (Å²) in [5.41, 5.74) is 2.72. The number of hydrogen-bond donors (Lipinski definition) is 0. The number of nitrogens with zero attached hydrogens (tertiary/aromatic N) is 3. The van der Waals surface area contributed by atoms with E-state index < -0.39 is 0 Å². The van der Waals surface area contributed by atoms with Crippen molar-refractivity contribution >= 4 is 17.7 Å². The van der Waals surface area contributed by atoms with E-state index in [0.29, 0.717) is 24.1 Å². The minimum Gasteiger partial charge on any atom is -0.414 e. The van der Waals surface area contributed by atoms with Gasteiger partial charge in [0, 0.05) is 18.7 Å². The molecule has 24 heavy (non-hydrogen) atoms. The summed E-state index contributed by atoms with van der Waals surface area (Å²) >= 11 is 1.52. The summed E-state index contributed by atoms with van der Waals surface area (Å²) in [6.45, 7) is 7.84. The monoisotopic (exact) mass is 345 g/mol. The molecule has 0 unspecified atom stereocenters. The van der Waals surface area contributed by atoms with E-state index >= 15 is 0 Å². The zero-order valence-electron chi connectivity index (χ0n) is 14.4. The third kappa shape index (κ3) is 4.17. The zero-order chi connectivity index (χ0) is 17.2. The Balaban J connectivity index is 1.54. The summed E-state index contributed by atoms with van der Waals surface area (Å²) in [6.07, 6.45) is 1.54. The lowest BCUT2D eigenvalue weighted by molar-refractivity contribution is -0.128. The van der Waals surface area contributed by atoms with E-state index in [1.807, 2.05) is 0 Å². The largest absolute Gasteiger partial charge is 0.414 e. The molecule has 1 amide bonds. The van der Waals surface area contributed by atoms with E-state index in [4.69, 9.17) is 4.42 Å². The van der Waals surface area contributed by atoms with Crippen molar-refractivity contribution in [3.05, 3.63) is 41.3 Å². The average Bonchev–Trinajstić information content (AvgIpc) is 3.15. The third-order valence-corrected chi connectivity index (χ3v) is 5.02. The molecule has 3 rings (SSSR count). The van der Waals surface area contributed by atoms with Crippen molar-refractivity contribution < 1.29 is 9.21 Å². The van der Waals surface area contributed by atoms with Crippen LogP contribution in [-0.2, 0) is 22.5 Å². The normalized spacial score (nSPS) is 15.3. The second kappa shape index (κ2) is 6.97. The van der Waals surface area contributed by atoms with Gasteiger partial charge in [-0.15, -0.1) is 10.2 Å². The lowest BCUT2D eigenvalue weighted by Crippen LogP contribution is -2.23. The van der Waals surface area contributed by atoms with Crippen LogP contribution < -0.4 is 0 Å². The molecule has 6 heteroatoms. The lowest BCUT2D eigenvalue weighted by Gasteiger charge is -2.19. The van der Waals surface area contributed by atoms with E-state index in [-0.39, 0.29) is 11.3 Å². The predicted molar refractivity (Wildman–Crippen MR) is 93.7 cm³/mol. The van der Waals surface area contributed by atoms with Crippen molar-refractivity contribution in [2.45, 2.75) is 56.5 Å². The zero-order valence-corrected chi connectivity index (χ0v) is 15.2. The maximum atomic E-state index is 11.6. The topological polar surface area (TPSA) is 59.2 Å². The molecule has 1 aromatic heterocycles. The van der Waals surface area contributed by atoms with Gasteiger partial charge in [-0.2, -0.15) is 0 Å². The Morgan fingerprint density at radius 1 is 1.21 bits per heavy atom. The van der Waals surface area contributed by atoms with Crippen LogP contribution >= 0.6 is 11.8 Å². The van der Waals surface area contributed by atoms with Crippen molar-refractivity contribution in [1.82, 2.24) is 15.1 Å². The number of likely N-dealkylation sites (tertiary alicyclic amines) is 1. The SMILES string of the molecule is CC(C)(C)c1ccc(CSc2nnc(CN3CCCC3=O)o2)cc1. The average molecular weight is 345 g/mol. The summed E-state index contributed by atoms with van der Waals surface area (Å²) in [6, 6.07) is 8.64. The van der Waals surface area contributed by atoms with E-state index in [0.717, 1.165) is 18.7 Å². The molecular formula is C18H23N3O2S. The second-order valence-corrected chi connectivity index (χ2v) is 8.04. The highest BCUT2D eigenvalue weighted by atomic mass is 32.2. The van der Waals surface area contributed by atoms with Crippen molar-refractivity contribution in [1.29, 1.82) is 0 Å². The Labute approximate surface area is 146 Å².